The summed E-state index contributed by atoms with van der Waals surface area (Å²) in [6.07, 6.45) is 1.90. The molecular weight excluding hydrogens is 330 g/mol. The third kappa shape index (κ3) is 3.84. The van der Waals surface area contributed by atoms with E-state index in [4.69, 9.17) is 5.11 Å². The van der Waals surface area contributed by atoms with Gasteiger partial charge in [0, 0.05) is 11.4 Å². The summed E-state index contributed by atoms with van der Waals surface area (Å²) in [5.41, 5.74) is 0. The molecule has 0 radical (unpaired) electrons. The van der Waals surface area contributed by atoms with E-state index in [1.54, 1.807) is 0 Å². The van der Waals surface area contributed by atoms with Crippen LogP contribution in [0.3, 0.4) is 0 Å². The Morgan fingerprint density at radius 3 is 2.50 bits per heavy atom. The number of carbonyl (C=O) groups is 2. The maximum atomic E-state index is 12.3. The zero-order chi connectivity index (χ0) is 16.3. The van der Waals surface area contributed by atoms with Crippen LogP contribution in [0.2, 0.25) is 0 Å². The van der Waals surface area contributed by atoms with Crippen molar-refractivity contribution in [3.63, 3.8) is 0 Å². The van der Waals surface area contributed by atoms with E-state index in [1.807, 2.05) is 0 Å². The van der Waals surface area contributed by atoms with Gasteiger partial charge in [-0.3, -0.25) is 4.79 Å². The Balaban J connectivity index is 2.01. The second-order valence-electron chi connectivity index (χ2n) is 5.15. The van der Waals surface area contributed by atoms with Crippen molar-refractivity contribution >= 4 is 33.3 Å². The number of esters is 1. The average molecular weight is 347 g/mol. The number of hydrogen-bond acceptors (Lipinski definition) is 6. The summed E-state index contributed by atoms with van der Waals surface area (Å²) in [6.45, 7) is 0. The molecule has 0 spiro atoms. The van der Waals surface area contributed by atoms with Crippen molar-refractivity contribution in [3.05, 3.63) is 16.3 Å². The lowest BCUT2D eigenvalue weighted by Crippen LogP contribution is -2.38. The van der Waals surface area contributed by atoms with Crippen LogP contribution < -0.4 is 4.72 Å². The van der Waals surface area contributed by atoms with Gasteiger partial charge in [0.05, 0.1) is 17.9 Å². The molecule has 0 aromatic carbocycles. The predicted octanol–water partition coefficient (Wildman–Crippen LogP) is 1.46. The first kappa shape index (κ1) is 16.9. The van der Waals surface area contributed by atoms with Crippen LogP contribution >= 0.6 is 11.3 Å². The molecule has 0 bridgehead atoms. The van der Waals surface area contributed by atoms with E-state index < -0.39 is 27.9 Å². The molecular formula is C13H17NO6S2. The zero-order valence-electron chi connectivity index (χ0n) is 11.9. The van der Waals surface area contributed by atoms with Gasteiger partial charge in [0.15, 0.2) is 0 Å². The number of carboxylic acids is 1. The van der Waals surface area contributed by atoms with Crippen molar-refractivity contribution < 1.29 is 27.9 Å². The molecule has 1 aliphatic carbocycles. The number of methoxy groups -OCH3 is 1. The molecule has 2 N–H and O–H groups in total. The van der Waals surface area contributed by atoms with Crippen molar-refractivity contribution in [2.75, 3.05) is 7.11 Å². The molecule has 1 aliphatic rings. The fourth-order valence-corrected chi connectivity index (χ4v) is 4.91. The van der Waals surface area contributed by atoms with Crippen molar-refractivity contribution in [3.8, 4) is 0 Å². The molecule has 0 aliphatic heterocycles. The molecule has 22 heavy (non-hydrogen) atoms. The minimum Gasteiger partial charge on any atom is -0.481 e. The van der Waals surface area contributed by atoms with Crippen LogP contribution in [0.4, 0.5) is 0 Å². The van der Waals surface area contributed by atoms with Crippen molar-refractivity contribution in [2.24, 2.45) is 5.92 Å². The molecule has 1 aromatic heterocycles. The fourth-order valence-electron chi connectivity index (χ4n) is 2.41. The van der Waals surface area contributed by atoms with E-state index in [0.29, 0.717) is 25.7 Å². The Morgan fingerprint density at radius 1 is 1.32 bits per heavy atom. The fraction of sp³-hybridized carbons (Fsp3) is 0.538. The van der Waals surface area contributed by atoms with Gasteiger partial charge >= 0.3 is 11.9 Å². The van der Waals surface area contributed by atoms with E-state index >= 15 is 0 Å². The minimum atomic E-state index is -3.71. The van der Waals surface area contributed by atoms with Crippen LogP contribution in [0.1, 0.15) is 35.4 Å². The monoisotopic (exact) mass is 347 g/mol. The Hall–Kier alpha value is -1.45. The summed E-state index contributed by atoms with van der Waals surface area (Å²) >= 11 is 1.00. The molecule has 1 fully saturated rings. The van der Waals surface area contributed by atoms with E-state index in [1.165, 1.54) is 18.6 Å². The van der Waals surface area contributed by atoms with Crippen LogP contribution in [0.25, 0.3) is 0 Å². The van der Waals surface area contributed by atoms with Crippen LogP contribution in [0.15, 0.2) is 16.3 Å². The second-order valence-corrected chi connectivity index (χ2v) is 7.77. The number of hydrogen-bond donors (Lipinski definition) is 2. The number of sulfonamides is 1. The summed E-state index contributed by atoms with van der Waals surface area (Å²) in [4.78, 5) is 22.5. The number of rotatable bonds is 5. The predicted molar refractivity (Wildman–Crippen MR) is 79.4 cm³/mol. The molecule has 0 atom stereocenters. The lowest BCUT2D eigenvalue weighted by atomic mass is 9.87. The maximum absolute atomic E-state index is 12.3. The van der Waals surface area contributed by atoms with Gasteiger partial charge in [0.25, 0.3) is 0 Å². The largest absolute Gasteiger partial charge is 0.481 e. The number of aliphatic carboxylic acids is 1. The molecule has 0 saturated heterocycles. The highest BCUT2D eigenvalue weighted by Gasteiger charge is 2.29. The molecule has 0 unspecified atom stereocenters. The lowest BCUT2D eigenvalue weighted by molar-refractivity contribution is -0.142. The summed E-state index contributed by atoms with van der Waals surface area (Å²) in [6, 6.07) is 1.00. The molecule has 0 amide bonds. The van der Waals surface area contributed by atoms with Gasteiger partial charge in [-0.2, -0.15) is 0 Å². The quantitative estimate of drug-likeness (QED) is 0.780. The molecule has 7 nitrogen and oxygen atoms in total. The third-order valence-electron chi connectivity index (χ3n) is 3.67. The van der Waals surface area contributed by atoms with E-state index in [0.717, 1.165) is 11.3 Å². The third-order valence-corrected chi connectivity index (χ3v) is 6.23. The van der Waals surface area contributed by atoms with Gasteiger partial charge in [-0.05, 0) is 31.7 Å². The number of carboxylic acid groups (broad SMARTS) is 1. The first-order chi connectivity index (χ1) is 10.3. The van der Waals surface area contributed by atoms with Crippen LogP contribution in [0, 0.1) is 5.92 Å². The Kier molecular flexibility index (Phi) is 5.20. The Morgan fingerprint density at radius 2 is 1.95 bits per heavy atom. The van der Waals surface area contributed by atoms with E-state index in [2.05, 4.69) is 9.46 Å². The number of nitrogens with one attached hydrogen (secondary N) is 1. The zero-order valence-corrected chi connectivity index (χ0v) is 13.6. The normalized spacial score (nSPS) is 22.2. The molecule has 1 saturated carbocycles. The summed E-state index contributed by atoms with van der Waals surface area (Å²) in [5, 5.41) is 10.3. The second kappa shape index (κ2) is 6.76. The summed E-state index contributed by atoms with van der Waals surface area (Å²) in [5.74, 6) is -1.80. The van der Waals surface area contributed by atoms with Gasteiger partial charge in [-0.1, -0.05) is 0 Å². The van der Waals surface area contributed by atoms with E-state index in [9.17, 15) is 18.0 Å². The van der Waals surface area contributed by atoms with Crippen LogP contribution in [-0.4, -0.2) is 38.6 Å². The minimum absolute atomic E-state index is 0.0262. The number of thiophene rings is 1. The standard InChI is InChI=1S/C13H17NO6S2/c1-20-13(17)11-6-10(7-21-11)22(18,19)14-9-4-2-8(3-5-9)12(15)16/h6-9,14H,2-5H2,1H3,(H,15,16). The first-order valence-corrected chi connectivity index (χ1v) is 9.11. The summed E-state index contributed by atoms with van der Waals surface area (Å²) < 4.78 is 31.7. The van der Waals surface area contributed by atoms with E-state index in [-0.39, 0.29) is 15.8 Å². The van der Waals surface area contributed by atoms with Crippen molar-refractivity contribution in [1.82, 2.24) is 4.72 Å². The smallest absolute Gasteiger partial charge is 0.348 e. The van der Waals surface area contributed by atoms with Crippen molar-refractivity contribution in [2.45, 2.75) is 36.6 Å². The lowest BCUT2D eigenvalue weighted by Gasteiger charge is -2.26. The SMILES string of the molecule is COC(=O)c1cc(S(=O)(=O)NC2CCC(C(=O)O)CC2)cs1. The molecule has 9 heteroatoms. The Labute approximate surface area is 132 Å². The highest BCUT2D eigenvalue weighted by molar-refractivity contribution is 7.89. The van der Waals surface area contributed by atoms with Gasteiger partial charge in [0.2, 0.25) is 10.0 Å². The summed E-state index contributed by atoms with van der Waals surface area (Å²) in [7, 11) is -2.48. The van der Waals surface area contributed by atoms with Crippen molar-refractivity contribution in [1.29, 1.82) is 0 Å². The molecule has 1 aromatic rings. The molecule has 2 rings (SSSR count). The first-order valence-electron chi connectivity index (χ1n) is 6.75. The number of carbonyl (C=O) groups excluding carboxylic acids is 1. The average Bonchev–Trinajstić information content (AvgIpc) is 2.97. The van der Waals surface area contributed by atoms with Gasteiger partial charge in [-0.15, -0.1) is 11.3 Å². The van der Waals surface area contributed by atoms with Crippen LogP contribution in [-0.2, 0) is 19.6 Å². The highest BCUT2D eigenvalue weighted by Crippen LogP contribution is 2.26. The molecule has 122 valence electrons. The topological polar surface area (TPSA) is 110 Å². The highest BCUT2D eigenvalue weighted by atomic mass is 32.2. The van der Waals surface area contributed by atoms with Gasteiger partial charge < -0.3 is 9.84 Å². The maximum Gasteiger partial charge on any atom is 0.348 e. The Bertz CT molecular complexity index is 658. The van der Waals surface area contributed by atoms with Gasteiger partial charge in [-0.25, -0.2) is 17.9 Å². The van der Waals surface area contributed by atoms with Crippen LogP contribution in [0.5, 0.6) is 0 Å². The number of ether oxygens (including phenoxy) is 1. The molecule has 1 heterocycles. The van der Waals surface area contributed by atoms with Gasteiger partial charge in [0.1, 0.15) is 4.88 Å².